The van der Waals surface area contributed by atoms with Gasteiger partial charge in [0.05, 0.1) is 6.61 Å². The van der Waals surface area contributed by atoms with Crippen LogP contribution < -0.4 is 0 Å². The van der Waals surface area contributed by atoms with Crippen molar-refractivity contribution in [3.8, 4) is 0 Å². The number of likely N-dealkylation sites (N-methyl/N-ethyl adjacent to an activating group) is 1. The summed E-state index contributed by atoms with van der Waals surface area (Å²) in [6.07, 6.45) is 0. The van der Waals surface area contributed by atoms with Gasteiger partial charge >= 0.3 is 0 Å². The molecule has 0 aromatic carbocycles. The quantitative estimate of drug-likeness (QED) is 0.663. The Labute approximate surface area is 107 Å². The van der Waals surface area contributed by atoms with Crippen LogP contribution in [-0.4, -0.2) is 61.3 Å². The van der Waals surface area contributed by atoms with Crippen molar-refractivity contribution in [2.24, 2.45) is 5.92 Å². The number of ether oxygens (including phenoxy) is 1. The molecule has 1 aliphatic rings. The minimum atomic E-state index is 0.642. The van der Waals surface area contributed by atoms with Gasteiger partial charge in [-0.05, 0) is 26.3 Å². The molecule has 0 unspecified atom stereocenters. The van der Waals surface area contributed by atoms with Crippen molar-refractivity contribution in [3.05, 3.63) is 0 Å². The number of hydrogen-bond acceptors (Lipinski definition) is 3. The maximum absolute atomic E-state index is 5.68. The maximum atomic E-state index is 5.68. The minimum absolute atomic E-state index is 0.642. The highest BCUT2D eigenvalue weighted by molar-refractivity contribution is 4.83. The van der Waals surface area contributed by atoms with Crippen LogP contribution >= 0.6 is 0 Å². The van der Waals surface area contributed by atoms with Crippen molar-refractivity contribution in [3.63, 3.8) is 0 Å². The summed E-state index contributed by atoms with van der Waals surface area (Å²) in [5, 5.41) is 0. The first-order valence-corrected chi connectivity index (χ1v) is 7.10. The Morgan fingerprint density at radius 3 is 2.29 bits per heavy atom. The smallest absolute Gasteiger partial charge is 0.0593 e. The van der Waals surface area contributed by atoms with Crippen molar-refractivity contribution in [1.82, 2.24) is 9.80 Å². The topological polar surface area (TPSA) is 15.7 Å². The molecule has 0 aliphatic carbocycles. The molecule has 0 bridgehead atoms. The Kier molecular flexibility index (Phi) is 6.45. The van der Waals surface area contributed by atoms with Gasteiger partial charge in [0.2, 0.25) is 0 Å². The van der Waals surface area contributed by atoms with Crippen molar-refractivity contribution < 1.29 is 4.74 Å². The highest BCUT2D eigenvalue weighted by Gasteiger charge is 2.27. The van der Waals surface area contributed by atoms with Gasteiger partial charge in [0.25, 0.3) is 0 Å². The zero-order valence-electron chi connectivity index (χ0n) is 12.3. The van der Waals surface area contributed by atoms with Crippen LogP contribution in [0, 0.1) is 5.92 Å². The lowest BCUT2D eigenvalue weighted by Gasteiger charge is -2.43. The monoisotopic (exact) mass is 242 g/mol. The molecule has 3 heteroatoms. The number of nitrogens with zero attached hydrogens (tertiary/aromatic N) is 2. The summed E-state index contributed by atoms with van der Waals surface area (Å²) in [7, 11) is 0. The second-order valence-corrected chi connectivity index (χ2v) is 5.75. The van der Waals surface area contributed by atoms with Crippen LogP contribution in [-0.2, 0) is 4.74 Å². The van der Waals surface area contributed by atoms with Crippen molar-refractivity contribution in [1.29, 1.82) is 0 Å². The van der Waals surface area contributed by atoms with Crippen LogP contribution in [0.25, 0.3) is 0 Å². The molecule has 0 spiro atoms. The molecule has 0 radical (unpaired) electrons. The van der Waals surface area contributed by atoms with Crippen LogP contribution in [0.15, 0.2) is 0 Å². The van der Waals surface area contributed by atoms with Crippen LogP contribution in [0.5, 0.6) is 0 Å². The fourth-order valence-electron chi connectivity index (χ4n) is 2.52. The third-order valence-corrected chi connectivity index (χ3v) is 3.62. The van der Waals surface area contributed by atoms with E-state index in [2.05, 4.69) is 44.4 Å². The van der Waals surface area contributed by atoms with Gasteiger partial charge in [-0.25, -0.2) is 0 Å². The zero-order valence-corrected chi connectivity index (χ0v) is 12.3. The van der Waals surface area contributed by atoms with Gasteiger partial charge in [0, 0.05) is 38.3 Å². The molecule has 2 atom stereocenters. The Bertz CT molecular complexity index is 208. The second kappa shape index (κ2) is 7.34. The highest BCUT2D eigenvalue weighted by Crippen LogP contribution is 2.14. The van der Waals surface area contributed by atoms with Crippen LogP contribution in [0.3, 0.4) is 0 Å². The van der Waals surface area contributed by atoms with E-state index in [0.717, 1.165) is 19.8 Å². The number of rotatable bonds is 6. The average Bonchev–Trinajstić information content (AvgIpc) is 2.28. The molecule has 1 rings (SSSR count). The molecule has 0 N–H and O–H groups in total. The SMILES string of the molecule is CCN1C[C@H](C)N(CCOCC(C)C)C[C@H]1C. The van der Waals surface area contributed by atoms with E-state index in [1.807, 2.05) is 0 Å². The van der Waals surface area contributed by atoms with Crippen LogP contribution in [0.1, 0.15) is 34.6 Å². The van der Waals surface area contributed by atoms with Gasteiger partial charge in [-0.15, -0.1) is 0 Å². The molecule has 0 aromatic heterocycles. The summed E-state index contributed by atoms with van der Waals surface area (Å²) in [4.78, 5) is 5.13. The normalized spacial score (nSPS) is 27.9. The number of hydrogen-bond donors (Lipinski definition) is 0. The molecular weight excluding hydrogens is 212 g/mol. The third kappa shape index (κ3) is 4.94. The fourth-order valence-corrected chi connectivity index (χ4v) is 2.52. The molecule has 17 heavy (non-hydrogen) atoms. The first kappa shape index (κ1) is 14.9. The molecular formula is C14H30N2O. The van der Waals surface area contributed by atoms with Gasteiger partial charge in [0.15, 0.2) is 0 Å². The zero-order chi connectivity index (χ0) is 12.8. The van der Waals surface area contributed by atoms with Crippen LogP contribution in [0.4, 0.5) is 0 Å². The fraction of sp³-hybridized carbons (Fsp3) is 1.00. The maximum Gasteiger partial charge on any atom is 0.0593 e. The summed E-state index contributed by atoms with van der Waals surface area (Å²) in [5.74, 6) is 0.642. The molecule has 1 fully saturated rings. The van der Waals surface area contributed by atoms with Gasteiger partial charge in [-0.2, -0.15) is 0 Å². The standard InChI is InChI=1S/C14H30N2O/c1-6-15-9-14(5)16(10-13(15)4)7-8-17-11-12(2)3/h12-14H,6-11H2,1-5H3/t13-,14+/m1/s1. The Balaban J connectivity index is 2.25. The summed E-state index contributed by atoms with van der Waals surface area (Å²) in [6, 6.07) is 1.34. The summed E-state index contributed by atoms with van der Waals surface area (Å²) in [5.41, 5.74) is 0. The van der Waals surface area contributed by atoms with Gasteiger partial charge in [-0.3, -0.25) is 9.80 Å². The van der Waals surface area contributed by atoms with E-state index in [1.54, 1.807) is 0 Å². The summed E-state index contributed by atoms with van der Waals surface area (Å²) >= 11 is 0. The van der Waals surface area contributed by atoms with Crippen molar-refractivity contribution >= 4 is 0 Å². The van der Waals surface area contributed by atoms with E-state index in [9.17, 15) is 0 Å². The lowest BCUT2D eigenvalue weighted by atomic mass is 10.1. The van der Waals surface area contributed by atoms with E-state index in [-0.39, 0.29) is 0 Å². The Hall–Kier alpha value is -0.120. The average molecular weight is 242 g/mol. The summed E-state index contributed by atoms with van der Waals surface area (Å²) in [6.45, 7) is 17.7. The van der Waals surface area contributed by atoms with Crippen LogP contribution in [0.2, 0.25) is 0 Å². The highest BCUT2D eigenvalue weighted by atomic mass is 16.5. The van der Waals surface area contributed by atoms with Gasteiger partial charge in [-0.1, -0.05) is 20.8 Å². The van der Waals surface area contributed by atoms with Gasteiger partial charge in [0.1, 0.15) is 0 Å². The van der Waals surface area contributed by atoms with Crippen molar-refractivity contribution in [2.45, 2.75) is 46.7 Å². The van der Waals surface area contributed by atoms with E-state index >= 15 is 0 Å². The lowest BCUT2D eigenvalue weighted by molar-refractivity contribution is 0.0179. The lowest BCUT2D eigenvalue weighted by Crippen LogP contribution is -2.56. The van der Waals surface area contributed by atoms with E-state index < -0.39 is 0 Å². The molecule has 0 amide bonds. The molecule has 0 aromatic rings. The molecule has 1 saturated heterocycles. The number of piperazine rings is 1. The second-order valence-electron chi connectivity index (χ2n) is 5.75. The van der Waals surface area contributed by atoms with Crippen molar-refractivity contribution in [2.75, 3.05) is 39.4 Å². The Morgan fingerprint density at radius 2 is 1.71 bits per heavy atom. The third-order valence-electron chi connectivity index (χ3n) is 3.62. The predicted octanol–water partition coefficient (Wildman–Crippen LogP) is 2.07. The van der Waals surface area contributed by atoms with E-state index in [4.69, 9.17) is 4.74 Å². The summed E-state index contributed by atoms with van der Waals surface area (Å²) < 4.78 is 5.68. The minimum Gasteiger partial charge on any atom is -0.380 e. The van der Waals surface area contributed by atoms with E-state index in [0.29, 0.717) is 18.0 Å². The van der Waals surface area contributed by atoms with E-state index in [1.165, 1.54) is 19.6 Å². The first-order chi connectivity index (χ1) is 8.04. The molecule has 102 valence electrons. The molecule has 3 nitrogen and oxygen atoms in total. The van der Waals surface area contributed by atoms with Gasteiger partial charge < -0.3 is 4.74 Å². The predicted molar refractivity (Wildman–Crippen MR) is 73.4 cm³/mol. The Morgan fingerprint density at radius 1 is 1.12 bits per heavy atom. The molecule has 1 aliphatic heterocycles. The largest absolute Gasteiger partial charge is 0.380 e. The molecule has 0 saturated carbocycles. The first-order valence-electron chi connectivity index (χ1n) is 7.10. The molecule has 1 heterocycles.